The van der Waals surface area contributed by atoms with Crippen LogP contribution < -0.4 is 18.9 Å². The number of hydrogen-bond donors (Lipinski definition) is 6. The van der Waals surface area contributed by atoms with Crippen molar-refractivity contribution in [2.24, 2.45) is 23.7 Å². The van der Waals surface area contributed by atoms with E-state index < -0.39 is 73.2 Å². The Balaban J connectivity index is 0.000000254. The Hall–Kier alpha value is -6.28. The van der Waals surface area contributed by atoms with Crippen molar-refractivity contribution in [3.63, 3.8) is 0 Å². The molecule has 0 bridgehead atoms. The predicted molar refractivity (Wildman–Crippen MR) is 241 cm³/mol. The molecule has 6 rings (SSSR count). The number of ether oxygens (including phenoxy) is 8. The number of phenols is 2. The van der Waals surface area contributed by atoms with E-state index in [4.69, 9.17) is 37.9 Å². The molecule has 68 heavy (non-hydrogen) atoms. The summed E-state index contributed by atoms with van der Waals surface area (Å²) in [5, 5.41) is 59.5. The molecular weight excluding hydrogens is 889 g/mol. The molecule has 6 N–H and O–H groups in total. The number of aliphatic hydroxyl groups excluding tert-OH is 4. The van der Waals surface area contributed by atoms with E-state index in [0.717, 1.165) is 11.1 Å². The predicted octanol–water partition coefficient (Wildman–Crippen LogP) is 5.02. The van der Waals surface area contributed by atoms with Crippen molar-refractivity contribution < 1.29 is 87.7 Å². The Labute approximate surface area is 393 Å². The van der Waals surface area contributed by atoms with Gasteiger partial charge in [-0.2, -0.15) is 0 Å². The van der Waals surface area contributed by atoms with Gasteiger partial charge in [0, 0.05) is 16.7 Å². The van der Waals surface area contributed by atoms with Crippen LogP contribution in [0.3, 0.4) is 0 Å². The van der Waals surface area contributed by atoms with Crippen LogP contribution >= 0.6 is 0 Å². The summed E-state index contributed by atoms with van der Waals surface area (Å²) in [6.07, 6.45) is -3.56. The molecule has 0 aromatic heterocycles. The highest BCUT2D eigenvalue weighted by molar-refractivity contribution is 5.88. The van der Waals surface area contributed by atoms with Crippen LogP contribution in [0.1, 0.15) is 93.9 Å². The summed E-state index contributed by atoms with van der Waals surface area (Å²) in [7, 11) is 8.28. The fourth-order valence-corrected chi connectivity index (χ4v) is 9.20. The van der Waals surface area contributed by atoms with E-state index >= 15 is 0 Å². The Bertz CT molecular complexity index is 2230. The third-order valence-electron chi connectivity index (χ3n) is 12.8. The van der Waals surface area contributed by atoms with E-state index in [-0.39, 0.29) is 58.9 Å². The van der Waals surface area contributed by atoms with Gasteiger partial charge in [0.15, 0.2) is 11.5 Å². The number of aromatic hydroxyl groups is 2. The molecule has 368 valence electrons. The van der Waals surface area contributed by atoms with Crippen molar-refractivity contribution in [3.05, 3.63) is 104 Å². The van der Waals surface area contributed by atoms with Gasteiger partial charge in [0.2, 0.25) is 5.75 Å². The lowest BCUT2D eigenvalue weighted by molar-refractivity contribution is -0.150. The number of benzene rings is 4. The molecule has 0 amide bonds. The zero-order chi connectivity index (χ0) is 50.3. The molecule has 18 heteroatoms. The molecule has 4 aromatic carbocycles. The second-order valence-corrected chi connectivity index (χ2v) is 16.4. The third kappa shape index (κ3) is 10.3. The minimum Gasteiger partial charge on any atom is -0.507 e. The van der Waals surface area contributed by atoms with E-state index in [2.05, 4.69) is 0 Å². The number of rotatable bonds is 16. The van der Waals surface area contributed by atoms with Gasteiger partial charge in [0.25, 0.3) is 0 Å². The maximum absolute atomic E-state index is 13.0. The summed E-state index contributed by atoms with van der Waals surface area (Å²) in [6, 6.07) is 12.9. The van der Waals surface area contributed by atoms with E-state index in [1.54, 1.807) is 38.5 Å². The van der Waals surface area contributed by atoms with Gasteiger partial charge < -0.3 is 68.5 Å². The minimum atomic E-state index is -1.06. The Morgan fingerprint density at radius 1 is 0.441 bits per heavy atom. The number of methoxy groups -OCH3 is 6. The monoisotopic (exact) mass is 948 g/mol. The quantitative estimate of drug-likeness (QED) is 0.0806. The van der Waals surface area contributed by atoms with E-state index in [1.807, 2.05) is 13.8 Å². The lowest BCUT2D eigenvalue weighted by Gasteiger charge is -2.22. The lowest BCUT2D eigenvalue weighted by Crippen LogP contribution is -2.31. The number of esters is 2. The van der Waals surface area contributed by atoms with Gasteiger partial charge in [-0.05, 0) is 103 Å². The number of Topliss-reactive ketones (excluding diaryl/α,β-unsaturated/α-hetero) is 2. The van der Waals surface area contributed by atoms with Crippen LogP contribution in [0, 0.1) is 37.5 Å². The number of carbonyl (C=O) groups excluding carboxylic acids is 4. The van der Waals surface area contributed by atoms with Crippen LogP contribution in [0.2, 0.25) is 0 Å². The van der Waals surface area contributed by atoms with E-state index in [9.17, 15) is 49.8 Å². The molecule has 0 aliphatic carbocycles. The van der Waals surface area contributed by atoms with Gasteiger partial charge >= 0.3 is 11.9 Å². The number of ketones is 2. The first-order valence-electron chi connectivity index (χ1n) is 21.5. The summed E-state index contributed by atoms with van der Waals surface area (Å²) < 4.78 is 44.2. The summed E-state index contributed by atoms with van der Waals surface area (Å²) >= 11 is 0. The number of hydrogen-bond acceptors (Lipinski definition) is 18. The number of aliphatic hydroxyl groups is 4. The lowest BCUT2D eigenvalue weighted by atomic mass is 9.79. The second kappa shape index (κ2) is 22.7. The van der Waals surface area contributed by atoms with E-state index in [1.165, 1.54) is 66.6 Å². The summed E-state index contributed by atoms with van der Waals surface area (Å²) in [4.78, 5) is 51.5. The highest BCUT2D eigenvalue weighted by Crippen LogP contribution is 2.54. The minimum absolute atomic E-state index is 0.0826. The van der Waals surface area contributed by atoms with Crippen LogP contribution in [-0.2, 0) is 64.6 Å². The zero-order valence-corrected chi connectivity index (χ0v) is 39.6. The maximum Gasteiger partial charge on any atom is 0.312 e. The number of phenolic OH excluding ortho intramolecular Hbond substituents is 1. The van der Waals surface area contributed by atoms with Crippen molar-refractivity contribution in [2.75, 3.05) is 42.7 Å². The molecule has 8 atom stereocenters. The first-order valence-corrected chi connectivity index (χ1v) is 21.5. The molecule has 0 radical (unpaired) electrons. The largest absolute Gasteiger partial charge is 0.507 e. The van der Waals surface area contributed by atoms with E-state index in [0.29, 0.717) is 44.9 Å². The molecule has 2 aliphatic heterocycles. The van der Waals surface area contributed by atoms with Crippen molar-refractivity contribution in [2.45, 2.75) is 78.5 Å². The third-order valence-corrected chi connectivity index (χ3v) is 12.8. The van der Waals surface area contributed by atoms with Crippen molar-refractivity contribution in [1.82, 2.24) is 0 Å². The average Bonchev–Trinajstić information content (AvgIpc) is 3.95. The molecule has 0 unspecified atom stereocenters. The Morgan fingerprint density at radius 2 is 0.735 bits per heavy atom. The van der Waals surface area contributed by atoms with Gasteiger partial charge in [-0.1, -0.05) is 12.1 Å². The molecule has 2 aliphatic rings. The van der Waals surface area contributed by atoms with Crippen molar-refractivity contribution in [1.29, 1.82) is 0 Å². The normalized spacial score (nSPS) is 21.9. The highest BCUT2D eigenvalue weighted by Gasteiger charge is 2.54. The van der Waals surface area contributed by atoms with Crippen molar-refractivity contribution >= 4 is 23.5 Å². The van der Waals surface area contributed by atoms with Gasteiger partial charge in [-0.15, -0.1) is 0 Å². The van der Waals surface area contributed by atoms with Gasteiger partial charge in [0.05, 0.1) is 117 Å². The van der Waals surface area contributed by atoms with Gasteiger partial charge in [-0.25, -0.2) is 0 Å². The summed E-state index contributed by atoms with van der Waals surface area (Å²) in [6.45, 7) is 4.92. The molecule has 2 fully saturated rings. The van der Waals surface area contributed by atoms with Crippen LogP contribution in [0.5, 0.6) is 34.5 Å². The van der Waals surface area contributed by atoms with Gasteiger partial charge in [0.1, 0.15) is 28.8 Å². The molecule has 0 saturated carbocycles. The molecule has 4 aromatic rings. The molecular formula is C50H60O18. The van der Waals surface area contributed by atoms with Gasteiger partial charge in [-0.3, -0.25) is 19.2 Å². The van der Waals surface area contributed by atoms with Crippen LogP contribution in [0.25, 0.3) is 0 Å². The first-order chi connectivity index (χ1) is 32.4. The highest BCUT2D eigenvalue weighted by atomic mass is 16.5. The van der Waals surface area contributed by atoms with Crippen LogP contribution in [0.4, 0.5) is 0 Å². The maximum atomic E-state index is 13.0. The van der Waals surface area contributed by atoms with Crippen LogP contribution in [-0.4, -0.2) is 96.8 Å². The average molecular weight is 949 g/mol. The molecule has 2 heterocycles. The molecule has 0 spiro atoms. The smallest absolute Gasteiger partial charge is 0.312 e. The second-order valence-electron chi connectivity index (χ2n) is 16.4. The fourth-order valence-electron chi connectivity index (χ4n) is 9.20. The topological polar surface area (TPSA) is 263 Å². The fraction of sp³-hybridized carbons (Fsp3) is 0.440. The molecule has 2 saturated heterocycles. The zero-order valence-electron chi connectivity index (χ0n) is 39.6. The summed E-state index contributed by atoms with van der Waals surface area (Å²) in [5.74, 6) is -4.83. The standard InChI is InChI=1S/C26H32O8.C24H28O10/c1-13-18(11-27)7-16(8-19(13)12-28)24-22(15(3)29)23(26(30)33-6)25(34-24)17-9-20(31-4)14(2)21(10-17)32-5;1-11(27)18-19(24(30)33-4)23(13-7-16(31-2)21(29)17(8-13)32-3)34-22(18)12-5-14(9-25)20(28)15(6-12)10-26/h7-10,22-25,27-28H,11-12H2,1-6H3;5-8,18-19,22-23,25-26,28-29H,9-10H2,1-4H3/t22-,23-,24+,25+;18-,19-,22+,23+/m11/s1. The first kappa shape index (κ1) is 52.7. The van der Waals surface area contributed by atoms with Crippen LogP contribution in [0.15, 0.2) is 48.5 Å². The Morgan fingerprint density at radius 3 is 1.03 bits per heavy atom. The number of carbonyl (C=O) groups is 4. The molecule has 18 nitrogen and oxygen atoms in total. The summed E-state index contributed by atoms with van der Waals surface area (Å²) in [5.41, 5.74) is 5.06. The van der Waals surface area contributed by atoms with Crippen molar-refractivity contribution in [3.8, 4) is 34.5 Å². The Kier molecular flexibility index (Phi) is 17.6. The SMILES string of the molecule is COC(=O)[C@@H]1[C@@H](C(C)=O)[C@H](c2cc(CO)c(C)c(CO)c2)O[C@H]1c1cc(OC)c(C)c(OC)c1.COC(=O)[C@@H]1[C@@H](C(C)=O)[C@H](c2cc(CO)c(O)c(CO)c2)O[C@H]1c1cc(OC)c(O)c(OC)c1.